The average Bonchev–Trinajstić information content (AvgIpc) is 2.71. The number of likely N-dealkylation sites (tertiary alicyclic amines) is 1. The van der Waals surface area contributed by atoms with Crippen LogP contribution in [0.5, 0.6) is 0 Å². The Bertz CT molecular complexity index is 780. The maximum Gasteiger partial charge on any atom is 0.414 e. The predicted molar refractivity (Wildman–Crippen MR) is 113 cm³/mol. The van der Waals surface area contributed by atoms with Crippen LogP contribution in [0, 0.1) is 0 Å². The first-order valence-electron chi connectivity index (χ1n) is 9.53. The summed E-state index contributed by atoms with van der Waals surface area (Å²) in [7, 11) is 2.25. The second-order valence-electron chi connectivity index (χ2n) is 7.11. The highest BCUT2D eigenvalue weighted by Gasteiger charge is 2.22. The third-order valence-electron chi connectivity index (χ3n) is 4.99. The van der Waals surface area contributed by atoms with Crippen LogP contribution in [0.2, 0.25) is 5.02 Å². The van der Waals surface area contributed by atoms with Gasteiger partial charge in [-0.3, -0.25) is 9.80 Å². The van der Waals surface area contributed by atoms with Gasteiger partial charge in [-0.05, 0) is 50.2 Å². The Morgan fingerprint density at radius 1 is 1.00 bits per heavy atom. The van der Waals surface area contributed by atoms with Crippen LogP contribution in [-0.2, 0) is 22.7 Å². The molecular weight excluding hydrogens is 392 g/mol. The van der Waals surface area contributed by atoms with Crippen molar-refractivity contribution >= 4 is 23.5 Å². The zero-order chi connectivity index (χ0) is 21.2. The molecular formula is C22H27ClN2O4. The van der Waals surface area contributed by atoms with Gasteiger partial charge in [0, 0.05) is 24.2 Å². The molecule has 6 nitrogen and oxygen atoms in total. The van der Waals surface area contributed by atoms with Gasteiger partial charge in [0.15, 0.2) is 0 Å². The summed E-state index contributed by atoms with van der Waals surface area (Å²) in [5.74, 6) is -3.65. The van der Waals surface area contributed by atoms with E-state index in [4.69, 9.17) is 31.4 Å². The fourth-order valence-electron chi connectivity index (χ4n) is 3.39. The smallest absolute Gasteiger partial charge is 0.414 e. The zero-order valence-electron chi connectivity index (χ0n) is 16.5. The van der Waals surface area contributed by atoms with Crippen LogP contribution in [0.3, 0.4) is 0 Å². The number of carboxylic acids is 2. The minimum absolute atomic E-state index is 0.678. The standard InChI is InChI=1S/C20H25ClN2.C2H2O4/c1-22(15-17-7-3-2-4-8-17)19-11-13-23(14-12-19)16-18-9-5-6-10-20(18)21;3-1(4)2(5)6/h2-10,19H,11-16H2,1H3;(H,3,4)(H,5,6). The van der Waals surface area contributed by atoms with Crippen molar-refractivity contribution in [2.75, 3.05) is 20.1 Å². The molecule has 2 aromatic carbocycles. The van der Waals surface area contributed by atoms with Gasteiger partial charge in [-0.2, -0.15) is 0 Å². The first kappa shape index (κ1) is 22.9. The molecule has 2 N–H and O–H groups in total. The number of aliphatic carboxylic acids is 2. The molecule has 0 spiro atoms. The predicted octanol–water partition coefficient (Wildman–Crippen LogP) is 3.59. The van der Waals surface area contributed by atoms with E-state index in [1.54, 1.807) is 0 Å². The molecule has 0 radical (unpaired) electrons. The molecule has 7 heteroatoms. The summed E-state index contributed by atoms with van der Waals surface area (Å²) >= 11 is 6.28. The topological polar surface area (TPSA) is 81.1 Å². The minimum Gasteiger partial charge on any atom is -0.473 e. The number of hydrogen-bond donors (Lipinski definition) is 2. The molecule has 0 amide bonds. The summed E-state index contributed by atoms with van der Waals surface area (Å²) in [4.78, 5) is 23.2. The number of benzene rings is 2. The van der Waals surface area contributed by atoms with Crippen LogP contribution in [0.15, 0.2) is 54.6 Å². The van der Waals surface area contributed by atoms with Gasteiger partial charge in [0.05, 0.1) is 0 Å². The molecule has 0 unspecified atom stereocenters. The molecule has 0 saturated carbocycles. The van der Waals surface area contributed by atoms with Gasteiger partial charge in [-0.15, -0.1) is 0 Å². The Morgan fingerprint density at radius 2 is 1.55 bits per heavy atom. The second-order valence-corrected chi connectivity index (χ2v) is 7.52. The molecule has 1 aliphatic heterocycles. The van der Waals surface area contributed by atoms with Crippen molar-refractivity contribution in [3.63, 3.8) is 0 Å². The van der Waals surface area contributed by atoms with Gasteiger partial charge in [0.25, 0.3) is 0 Å². The lowest BCUT2D eigenvalue weighted by molar-refractivity contribution is -0.159. The molecule has 1 aliphatic rings. The van der Waals surface area contributed by atoms with Crippen LogP contribution in [0.4, 0.5) is 0 Å². The number of piperidine rings is 1. The second kappa shape index (κ2) is 11.6. The fraction of sp³-hybridized carbons (Fsp3) is 0.364. The van der Waals surface area contributed by atoms with E-state index in [0.29, 0.717) is 6.04 Å². The van der Waals surface area contributed by atoms with Crippen LogP contribution in [0.1, 0.15) is 24.0 Å². The Kier molecular flexibility index (Phi) is 9.12. The quantitative estimate of drug-likeness (QED) is 0.722. The van der Waals surface area contributed by atoms with Gasteiger partial charge >= 0.3 is 11.9 Å². The summed E-state index contributed by atoms with van der Waals surface area (Å²) in [6.07, 6.45) is 2.46. The molecule has 156 valence electrons. The number of rotatable bonds is 5. The first-order chi connectivity index (χ1) is 13.9. The van der Waals surface area contributed by atoms with Crippen molar-refractivity contribution in [3.05, 3.63) is 70.7 Å². The first-order valence-corrected chi connectivity index (χ1v) is 9.90. The lowest BCUT2D eigenvalue weighted by Gasteiger charge is -2.37. The van der Waals surface area contributed by atoms with E-state index in [0.717, 1.165) is 31.2 Å². The molecule has 0 aliphatic carbocycles. The minimum atomic E-state index is -1.82. The van der Waals surface area contributed by atoms with Gasteiger partial charge in [0.2, 0.25) is 0 Å². The number of carbonyl (C=O) groups is 2. The van der Waals surface area contributed by atoms with E-state index in [-0.39, 0.29) is 0 Å². The molecule has 1 fully saturated rings. The Morgan fingerprint density at radius 3 is 2.10 bits per heavy atom. The van der Waals surface area contributed by atoms with Crippen LogP contribution >= 0.6 is 11.6 Å². The van der Waals surface area contributed by atoms with E-state index >= 15 is 0 Å². The highest BCUT2D eigenvalue weighted by atomic mass is 35.5. The lowest BCUT2D eigenvalue weighted by Crippen LogP contribution is -2.42. The maximum absolute atomic E-state index is 9.10. The summed E-state index contributed by atoms with van der Waals surface area (Å²) < 4.78 is 0. The number of hydrogen-bond acceptors (Lipinski definition) is 4. The highest BCUT2D eigenvalue weighted by molar-refractivity contribution is 6.31. The van der Waals surface area contributed by atoms with E-state index < -0.39 is 11.9 Å². The largest absolute Gasteiger partial charge is 0.473 e. The normalized spacial score (nSPS) is 14.9. The third-order valence-corrected chi connectivity index (χ3v) is 5.36. The van der Waals surface area contributed by atoms with Gasteiger partial charge in [-0.25, -0.2) is 9.59 Å². The van der Waals surface area contributed by atoms with Gasteiger partial charge in [0.1, 0.15) is 0 Å². The van der Waals surface area contributed by atoms with Crippen molar-refractivity contribution < 1.29 is 19.8 Å². The molecule has 2 aromatic rings. The summed E-state index contributed by atoms with van der Waals surface area (Å²) in [6, 6.07) is 19.6. The summed E-state index contributed by atoms with van der Waals surface area (Å²) in [6.45, 7) is 4.30. The van der Waals surface area contributed by atoms with Crippen LogP contribution in [0.25, 0.3) is 0 Å². The molecule has 3 rings (SSSR count). The van der Waals surface area contributed by atoms with Crippen molar-refractivity contribution in [1.82, 2.24) is 9.80 Å². The van der Waals surface area contributed by atoms with E-state index in [1.165, 1.54) is 24.0 Å². The van der Waals surface area contributed by atoms with E-state index in [1.807, 2.05) is 12.1 Å². The Labute approximate surface area is 176 Å². The molecule has 0 atom stereocenters. The average molecular weight is 419 g/mol. The number of nitrogens with zero attached hydrogens (tertiary/aromatic N) is 2. The summed E-state index contributed by atoms with van der Waals surface area (Å²) in [5, 5.41) is 15.7. The lowest BCUT2D eigenvalue weighted by atomic mass is 10.0. The number of halogens is 1. The maximum atomic E-state index is 9.10. The molecule has 0 aromatic heterocycles. The monoisotopic (exact) mass is 418 g/mol. The van der Waals surface area contributed by atoms with Crippen LogP contribution in [-0.4, -0.2) is 58.1 Å². The molecule has 0 bridgehead atoms. The molecule has 1 heterocycles. The molecule has 29 heavy (non-hydrogen) atoms. The van der Waals surface area contributed by atoms with Gasteiger partial charge in [-0.1, -0.05) is 60.1 Å². The Balaban J connectivity index is 0.000000438. The zero-order valence-corrected chi connectivity index (χ0v) is 17.3. The van der Waals surface area contributed by atoms with Gasteiger partial charge < -0.3 is 10.2 Å². The number of carboxylic acid groups (broad SMARTS) is 2. The van der Waals surface area contributed by atoms with E-state index in [2.05, 4.69) is 59.3 Å². The Hall–Kier alpha value is -2.41. The summed E-state index contributed by atoms with van der Waals surface area (Å²) in [5.41, 5.74) is 2.64. The molecule has 1 saturated heterocycles. The van der Waals surface area contributed by atoms with Crippen molar-refractivity contribution in [2.45, 2.75) is 32.0 Å². The van der Waals surface area contributed by atoms with Crippen molar-refractivity contribution in [1.29, 1.82) is 0 Å². The fourth-order valence-corrected chi connectivity index (χ4v) is 3.58. The van der Waals surface area contributed by atoms with Crippen molar-refractivity contribution in [3.8, 4) is 0 Å². The van der Waals surface area contributed by atoms with E-state index in [9.17, 15) is 0 Å². The SMILES string of the molecule is CN(Cc1ccccc1)C1CCN(Cc2ccccc2Cl)CC1.O=C(O)C(=O)O. The highest BCUT2D eigenvalue weighted by Crippen LogP contribution is 2.22. The van der Waals surface area contributed by atoms with Crippen molar-refractivity contribution in [2.24, 2.45) is 0 Å². The third kappa shape index (κ3) is 7.85. The van der Waals surface area contributed by atoms with Crippen LogP contribution < -0.4 is 0 Å².